The van der Waals surface area contributed by atoms with Crippen molar-refractivity contribution in [1.82, 2.24) is 14.6 Å². The number of carboxylic acid groups (broad SMARTS) is 1. The molecule has 0 bridgehead atoms. The fraction of sp³-hybridized carbons (Fsp3) is 0.300. The third kappa shape index (κ3) is 6.84. The molecule has 42 heavy (non-hydrogen) atoms. The minimum Gasteiger partial charge on any atom is -0.760 e. The number of fused-ring (bicyclic) bond motifs is 1. The van der Waals surface area contributed by atoms with Crippen molar-refractivity contribution in [2.45, 2.75) is 44.6 Å². The molecule has 5 rings (SSSR count). The molecule has 2 aromatic heterocycles. The smallest absolute Gasteiger partial charge is 0.303 e. The maximum absolute atomic E-state index is 13.2. The van der Waals surface area contributed by atoms with E-state index in [9.17, 15) is 22.7 Å². The van der Waals surface area contributed by atoms with Crippen molar-refractivity contribution in [3.8, 4) is 22.8 Å². The zero-order valence-electron chi connectivity index (χ0n) is 22.8. The van der Waals surface area contributed by atoms with Gasteiger partial charge in [0.25, 0.3) is 5.91 Å². The molecule has 0 radical (unpaired) electrons. The van der Waals surface area contributed by atoms with E-state index in [-0.39, 0.29) is 42.9 Å². The number of unbranched alkanes of at least 4 members (excludes halogenated alkanes) is 1. The molecule has 1 aliphatic rings. The number of nitrogens with one attached hydrogen (secondary N) is 1. The molecule has 1 unspecified atom stereocenters. The number of hydrogen-bond donors (Lipinski definition) is 2. The van der Waals surface area contributed by atoms with Crippen molar-refractivity contribution < 1.29 is 37.0 Å². The third-order valence-electron chi connectivity index (χ3n) is 7.02. The molecule has 0 saturated heterocycles. The maximum atomic E-state index is 13.2. The van der Waals surface area contributed by atoms with E-state index in [1.165, 1.54) is 35.6 Å². The lowest BCUT2D eigenvalue weighted by Crippen LogP contribution is -2.27. The first-order valence-electron chi connectivity index (χ1n) is 13.5. The van der Waals surface area contributed by atoms with Gasteiger partial charge in [0.2, 0.25) is 5.71 Å². The van der Waals surface area contributed by atoms with Crippen LogP contribution in [0.5, 0.6) is 11.5 Å². The van der Waals surface area contributed by atoms with Crippen molar-refractivity contribution in [2.75, 3.05) is 13.6 Å². The normalized spacial score (nSPS) is 13.8. The van der Waals surface area contributed by atoms with Gasteiger partial charge in [0.05, 0.1) is 23.2 Å². The van der Waals surface area contributed by atoms with Crippen LogP contribution in [0.4, 0.5) is 4.39 Å². The minimum absolute atomic E-state index is 0.00567. The van der Waals surface area contributed by atoms with Crippen LogP contribution in [-0.2, 0) is 22.6 Å². The van der Waals surface area contributed by atoms with E-state index in [0.29, 0.717) is 52.3 Å². The Morgan fingerprint density at radius 2 is 1.81 bits per heavy atom. The van der Waals surface area contributed by atoms with Gasteiger partial charge < -0.3 is 24.1 Å². The van der Waals surface area contributed by atoms with Gasteiger partial charge in [0, 0.05) is 36.8 Å². The first-order valence-corrected chi connectivity index (χ1v) is 14.5. The SMILES string of the molecule is CNC(=O)c1c(-c2ccc(Oc3ccc(F)cc3)cc2)oc2nc(CN(CCCCC(=O)O)S(=O)[O-])c(C3CC3)cc12. The van der Waals surface area contributed by atoms with Gasteiger partial charge in [0.1, 0.15) is 23.1 Å². The molecule has 4 aromatic rings. The van der Waals surface area contributed by atoms with E-state index in [2.05, 4.69) is 5.32 Å². The van der Waals surface area contributed by atoms with Gasteiger partial charge in [-0.25, -0.2) is 13.7 Å². The number of carbonyl (C=O) groups excluding carboxylic acids is 1. The molecule has 2 heterocycles. The molecule has 2 N–H and O–H groups in total. The number of carbonyl (C=O) groups is 2. The molecular formula is C30H29FN3O7S-. The largest absolute Gasteiger partial charge is 0.760 e. The van der Waals surface area contributed by atoms with Crippen LogP contribution >= 0.6 is 0 Å². The van der Waals surface area contributed by atoms with Gasteiger partial charge >= 0.3 is 5.97 Å². The molecule has 1 atom stereocenters. The van der Waals surface area contributed by atoms with Crippen LogP contribution in [0.25, 0.3) is 22.4 Å². The first-order chi connectivity index (χ1) is 20.2. The van der Waals surface area contributed by atoms with Gasteiger partial charge in [-0.15, -0.1) is 0 Å². The molecule has 10 nitrogen and oxygen atoms in total. The molecule has 1 fully saturated rings. The zero-order valence-corrected chi connectivity index (χ0v) is 23.6. The Labute approximate surface area is 243 Å². The zero-order chi connectivity index (χ0) is 29.8. The third-order valence-corrected chi connectivity index (χ3v) is 7.75. The van der Waals surface area contributed by atoms with Crippen molar-refractivity contribution in [3.63, 3.8) is 0 Å². The number of halogens is 1. The second kappa shape index (κ2) is 12.8. The van der Waals surface area contributed by atoms with Gasteiger partial charge in [0.15, 0.2) is 0 Å². The monoisotopic (exact) mass is 594 g/mol. The molecule has 0 aliphatic heterocycles. The van der Waals surface area contributed by atoms with Gasteiger partial charge in [-0.1, -0.05) is 0 Å². The summed E-state index contributed by atoms with van der Waals surface area (Å²) in [7, 11) is 1.53. The number of ether oxygens (including phenoxy) is 1. The Morgan fingerprint density at radius 1 is 1.14 bits per heavy atom. The van der Waals surface area contributed by atoms with E-state index in [1.807, 2.05) is 6.07 Å². The Kier molecular flexibility index (Phi) is 8.95. The molecule has 1 amide bonds. The number of rotatable bonds is 13. The summed E-state index contributed by atoms with van der Waals surface area (Å²) in [6.45, 7) is 0.165. The highest BCUT2D eigenvalue weighted by Gasteiger charge is 2.31. The van der Waals surface area contributed by atoms with Crippen molar-refractivity contribution >= 4 is 34.2 Å². The van der Waals surface area contributed by atoms with Crippen molar-refractivity contribution in [1.29, 1.82) is 0 Å². The fourth-order valence-electron chi connectivity index (χ4n) is 4.75. The molecule has 2 aromatic carbocycles. The molecule has 12 heteroatoms. The number of aliphatic carboxylic acids is 1. The quantitative estimate of drug-likeness (QED) is 0.152. The number of hydrogen-bond acceptors (Lipinski definition) is 7. The maximum Gasteiger partial charge on any atom is 0.303 e. The topological polar surface area (TPSA) is 145 Å². The number of aromatic nitrogens is 1. The Balaban J connectivity index is 1.47. The number of nitrogens with zero attached hydrogens (tertiary/aromatic N) is 2. The van der Waals surface area contributed by atoms with E-state index in [0.717, 1.165) is 18.4 Å². The summed E-state index contributed by atoms with van der Waals surface area (Å²) in [5.74, 6) is -0.162. The van der Waals surface area contributed by atoms with E-state index < -0.39 is 17.2 Å². The minimum atomic E-state index is -2.54. The van der Waals surface area contributed by atoms with Crippen LogP contribution in [0.3, 0.4) is 0 Å². The number of pyridine rings is 1. The Morgan fingerprint density at radius 3 is 2.40 bits per heavy atom. The number of furan rings is 1. The summed E-state index contributed by atoms with van der Waals surface area (Å²) in [5, 5.41) is 12.1. The van der Waals surface area contributed by atoms with Gasteiger partial charge in [-0.3, -0.25) is 13.8 Å². The highest BCUT2D eigenvalue weighted by molar-refractivity contribution is 7.76. The number of carboxylic acids is 1. The van der Waals surface area contributed by atoms with Gasteiger partial charge in [-0.05, 0) is 91.8 Å². The second-order valence-electron chi connectivity index (χ2n) is 10.0. The number of benzene rings is 2. The number of amides is 1. The second-order valence-corrected chi connectivity index (χ2v) is 11.0. The molecule has 1 aliphatic carbocycles. The lowest BCUT2D eigenvalue weighted by atomic mass is 10.0. The fourth-order valence-corrected chi connectivity index (χ4v) is 5.26. The summed E-state index contributed by atoms with van der Waals surface area (Å²) in [4.78, 5) is 28.6. The van der Waals surface area contributed by atoms with Crippen LogP contribution in [0.2, 0.25) is 0 Å². The van der Waals surface area contributed by atoms with Crippen LogP contribution in [0.15, 0.2) is 59.0 Å². The average Bonchev–Trinajstić information content (AvgIpc) is 3.75. The standard InChI is InChI=1S/C30H30FN3O7S/c1-32-29(37)27-24-16-23(18-5-6-18)25(17-34(42(38)39)15-3-2-4-26(35)36)33-30(24)41-28(27)19-7-11-21(12-8-19)40-22-13-9-20(31)10-14-22/h7-14,16,18H,2-6,15,17H2,1H3,(H,32,37)(H,35,36)(H,38,39)/p-1. The summed E-state index contributed by atoms with van der Waals surface area (Å²) in [6, 6.07) is 14.4. The van der Waals surface area contributed by atoms with Crippen LogP contribution in [0.1, 0.15) is 59.6 Å². The van der Waals surface area contributed by atoms with E-state index >= 15 is 0 Å². The van der Waals surface area contributed by atoms with Crippen LogP contribution in [0, 0.1) is 5.82 Å². The summed E-state index contributed by atoms with van der Waals surface area (Å²) in [6.07, 6.45) is 2.57. The highest BCUT2D eigenvalue weighted by atomic mass is 32.2. The predicted octanol–water partition coefficient (Wildman–Crippen LogP) is 5.51. The van der Waals surface area contributed by atoms with E-state index in [1.54, 1.807) is 24.3 Å². The van der Waals surface area contributed by atoms with Crippen molar-refractivity contribution in [3.05, 3.63) is 77.2 Å². The van der Waals surface area contributed by atoms with Crippen LogP contribution in [-0.4, -0.2) is 48.6 Å². The lowest BCUT2D eigenvalue weighted by molar-refractivity contribution is -0.137. The molecule has 220 valence electrons. The summed E-state index contributed by atoms with van der Waals surface area (Å²) >= 11 is -2.54. The summed E-state index contributed by atoms with van der Waals surface area (Å²) in [5.41, 5.74) is 2.53. The molecular weight excluding hydrogens is 565 g/mol. The van der Waals surface area contributed by atoms with Gasteiger partial charge in [-0.2, -0.15) is 0 Å². The Hall–Kier alpha value is -4.13. The summed E-state index contributed by atoms with van der Waals surface area (Å²) < 4.78 is 50.4. The van der Waals surface area contributed by atoms with Crippen LogP contribution < -0.4 is 10.1 Å². The predicted molar refractivity (Wildman–Crippen MR) is 152 cm³/mol. The average molecular weight is 595 g/mol. The highest BCUT2D eigenvalue weighted by Crippen LogP contribution is 2.44. The lowest BCUT2D eigenvalue weighted by Gasteiger charge is -2.24. The molecule has 1 saturated carbocycles. The van der Waals surface area contributed by atoms with E-state index in [4.69, 9.17) is 19.2 Å². The molecule has 0 spiro atoms. The van der Waals surface area contributed by atoms with Crippen molar-refractivity contribution in [2.24, 2.45) is 0 Å². The first kappa shape index (κ1) is 29.4. The Bertz CT molecular complexity index is 1620.